The largest absolute Gasteiger partial charge is 0.485 e. The zero-order valence-electron chi connectivity index (χ0n) is 10.5. The molecule has 102 valence electrons. The van der Waals surface area contributed by atoms with Gasteiger partial charge in [-0.25, -0.2) is 4.39 Å². The van der Waals surface area contributed by atoms with Gasteiger partial charge in [-0.05, 0) is 42.5 Å². The highest BCUT2D eigenvalue weighted by Gasteiger charge is 2.16. The summed E-state index contributed by atoms with van der Waals surface area (Å²) in [5.41, 5.74) is 0.483. The van der Waals surface area contributed by atoms with E-state index in [9.17, 15) is 9.18 Å². The molecule has 2 aromatic carbocycles. The molecule has 0 N–H and O–H groups in total. The van der Waals surface area contributed by atoms with Crippen LogP contribution < -0.4 is 14.2 Å². The first kappa shape index (κ1) is 12.5. The lowest BCUT2D eigenvalue weighted by molar-refractivity contribution is 0.0921. The monoisotopic (exact) mass is 274 g/mol. The van der Waals surface area contributed by atoms with Crippen molar-refractivity contribution in [2.45, 2.75) is 0 Å². The Morgan fingerprint density at radius 3 is 2.65 bits per heavy atom. The van der Waals surface area contributed by atoms with Crippen LogP contribution in [0.2, 0.25) is 0 Å². The molecule has 0 aliphatic carbocycles. The molecular formula is C15H11FO4. The van der Waals surface area contributed by atoms with Crippen molar-refractivity contribution in [2.24, 2.45) is 0 Å². The Morgan fingerprint density at radius 2 is 1.85 bits per heavy atom. The summed E-state index contributed by atoms with van der Waals surface area (Å²) in [7, 11) is 0. The van der Waals surface area contributed by atoms with Crippen molar-refractivity contribution in [3.63, 3.8) is 0 Å². The number of rotatable bonds is 4. The van der Waals surface area contributed by atoms with Crippen LogP contribution in [0.4, 0.5) is 4.39 Å². The number of Topliss-reactive ketones (excluding diaryl/α,β-unsaturated/α-hetero) is 1. The number of carbonyl (C=O) groups excluding carboxylic acids is 1. The van der Waals surface area contributed by atoms with Crippen molar-refractivity contribution in [3.05, 3.63) is 53.8 Å². The van der Waals surface area contributed by atoms with E-state index in [1.165, 1.54) is 24.3 Å². The Bertz CT molecular complexity index is 637. The van der Waals surface area contributed by atoms with Crippen LogP contribution in [0, 0.1) is 5.82 Å². The fourth-order valence-electron chi connectivity index (χ4n) is 1.83. The second-order valence-corrected chi connectivity index (χ2v) is 4.23. The van der Waals surface area contributed by atoms with Crippen LogP contribution in [0.15, 0.2) is 42.5 Å². The topological polar surface area (TPSA) is 44.8 Å². The Morgan fingerprint density at radius 1 is 1.10 bits per heavy atom. The Balaban J connectivity index is 1.66. The minimum Gasteiger partial charge on any atom is -0.485 e. The minimum atomic E-state index is -0.348. The standard InChI is InChI=1S/C15H11FO4/c16-11-2-4-12(5-3-11)18-8-13(17)10-1-6-14-15(7-10)20-9-19-14/h1-7H,8-9H2. The van der Waals surface area contributed by atoms with E-state index in [1.807, 2.05) is 0 Å². The van der Waals surface area contributed by atoms with Crippen LogP contribution in [-0.4, -0.2) is 19.2 Å². The second-order valence-electron chi connectivity index (χ2n) is 4.23. The maximum atomic E-state index is 12.7. The van der Waals surface area contributed by atoms with Gasteiger partial charge in [-0.2, -0.15) is 0 Å². The van der Waals surface area contributed by atoms with Crippen molar-refractivity contribution in [1.29, 1.82) is 0 Å². The van der Waals surface area contributed by atoms with Gasteiger partial charge < -0.3 is 14.2 Å². The Labute approximate surface area is 114 Å². The summed E-state index contributed by atoms with van der Waals surface area (Å²) in [6.07, 6.45) is 0. The third kappa shape index (κ3) is 2.56. The first-order valence-corrected chi connectivity index (χ1v) is 6.03. The van der Waals surface area contributed by atoms with Crippen molar-refractivity contribution in [1.82, 2.24) is 0 Å². The molecule has 1 aliphatic heterocycles. The van der Waals surface area contributed by atoms with Gasteiger partial charge >= 0.3 is 0 Å². The zero-order valence-corrected chi connectivity index (χ0v) is 10.5. The highest BCUT2D eigenvalue weighted by atomic mass is 19.1. The van der Waals surface area contributed by atoms with Crippen molar-refractivity contribution < 1.29 is 23.4 Å². The van der Waals surface area contributed by atoms with E-state index in [1.54, 1.807) is 18.2 Å². The van der Waals surface area contributed by atoms with Crippen molar-refractivity contribution >= 4 is 5.78 Å². The number of carbonyl (C=O) groups is 1. The average molecular weight is 274 g/mol. The molecule has 3 rings (SSSR count). The van der Waals surface area contributed by atoms with Crippen LogP contribution in [0.5, 0.6) is 17.2 Å². The number of ether oxygens (including phenoxy) is 3. The van der Waals surface area contributed by atoms with Crippen LogP contribution >= 0.6 is 0 Å². The summed E-state index contributed by atoms with van der Waals surface area (Å²) in [4.78, 5) is 12.0. The summed E-state index contributed by atoms with van der Waals surface area (Å²) in [5, 5.41) is 0. The Hall–Kier alpha value is -2.56. The van der Waals surface area contributed by atoms with E-state index in [4.69, 9.17) is 14.2 Å². The third-order valence-electron chi connectivity index (χ3n) is 2.88. The summed E-state index contributed by atoms with van der Waals surface area (Å²) in [6.45, 7) is 0.0460. The van der Waals surface area contributed by atoms with E-state index in [2.05, 4.69) is 0 Å². The van der Waals surface area contributed by atoms with E-state index in [0.717, 1.165) is 0 Å². The summed E-state index contributed by atoms with van der Waals surface area (Å²) in [5.74, 6) is 1.09. The molecule has 0 saturated carbocycles. The fraction of sp³-hybridized carbons (Fsp3) is 0.133. The molecule has 20 heavy (non-hydrogen) atoms. The van der Waals surface area contributed by atoms with E-state index >= 15 is 0 Å². The maximum absolute atomic E-state index is 12.7. The minimum absolute atomic E-state index is 0.120. The molecule has 5 heteroatoms. The normalized spacial score (nSPS) is 12.2. The van der Waals surface area contributed by atoms with E-state index in [-0.39, 0.29) is 25.0 Å². The van der Waals surface area contributed by atoms with Gasteiger partial charge in [0, 0.05) is 5.56 Å². The van der Waals surface area contributed by atoms with Gasteiger partial charge in [-0.3, -0.25) is 4.79 Å². The quantitative estimate of drug-likeness (QED) is 0.804. The number of hydrogen-bond donors (Lipinski definition) is 0. The smallest absolute Gasteiger partial charge is 0.231 e. The van der Waals surface area contributed by atoms with Crippen molar-refractivity contribution in [3.8, 4) is 17.2 Å². The maximum Gasteiger partial charge on any atom is 0.231 e. The van der Waals surface area contributed by atoms with Gasteiger partial charge in [0.2, 0.25) is 6.79 Å². The molecule has 0 aromatic heterocycles. The lowest BCUT2D eigenvalue weighted by atomic mass is 10.1. The molecule has 0 fully saturated rings. The van der Waals surface area contributed by atoms with Gasteiger partial charge in [0.15, 0.2) is 23.9 Å². The first-order valence-electron chi connectivity index (χ1n) is 6.03. The third-order valence-corrected chi connectivity index (χ3v) is 2.88. The predicted molar refractivity (Wildman–Crippen MR) is 68.8 cm³/mol. The molecule has 2 aromatic rings. The number of fused-ring (bicyclic) bond motifs is 1. The lowest BCUT2D eigenvalue weighted by Crippen LogP contribution is -2.11. The number of halogens is 1. The molecule has 0 radical (unpaired) electrons. The van der Waals surface area contributed by atoms with Crippen LogP contribution in [0.3, 0.4) is 0 Å². The molecule has 0 bridgehead atoms. The van der Waals surface area contributed by atoms with Crippen LogP contribution in [0.25, 0.3) is 0 Å². The molecule has 1 aliphatic rings. The summed E-state index contributed by atoms with van der Waals surface area (Å²) >= 11 is 0. The highest BCUT2D eigenvalue weighted by molar-refractivity contribution is 5.97. The van der Waals surface area contributed by atoms with Crippen molar-refractivity contribution in [2.75, 3.05) is 13.4 Å². The number of ketones is 1. The number of benzene rings is 2. The fourth-order valence-corrected chi connectivity index (χ4v) is 1.83. The van der Waals surface area contributed by atoms with Gasteiger partial charge in [0.25, 0.3) is 0 Å². The van der Waals surface area contributed by atoms with Crippen LogP contribution in [0.1, 0.15) is 10.4 Å². The average Bonchev–Trinajstić information content (AvgIpc) is 2.93. The van der Waals surface area contributed by atoms with Gasteiger partial charge in [-0.1, -0.05) is 0 Å². The van der Waals surface area contributed by atoms with Gasteiger partial charge in [0.1, 0.15) is 11.6 Å². The van der Waals surface area contributed by atoms with E-state index in [0.29, 0.717) is 22.8 Å². The molecule has 0 amide bonds. The molecule has 0 atom stereocenters. The lowest BCUT2D eigenvalue weighted by Gasteiger charge is -2.06. The summed E-state index contributed by atoms with van der Waals surface area (Å²) in [6, 6.07) is 10.5. The predicted octanol–water partition coefficient (Wildman–Crippen LogP) is 2.82. The molecular weight excluding hydrogens is 263 g/mol. The molecule has 0 saturated heterocycles. The SMILES string of the molecule is O=C(COc1ccc(F)cc1)c1ccc2c(c1)OCO2. The molecule has 4 nitrogen and oxygen atoms in total. The van der Waals surface area contributed by atoms with Gasteiger partial charge in [0.05, 0.1) is 0 Å². The highest BCUT2D eigenvalue weighted by Crippen LogP contribution is 2.32. The summed E-state index contributed by atoms with van der Waals surface area (Å²) < 4.78 is 28.4. The van der Waals surface area contributed by atoms with Crippen LogP contribution in [-0.2, 0) is 0 Å². The molecule has 0 unspecified atom stereocenters. The van der Waals surface area contributed by atoms with Gasteiger partial charge in [-0.15, -0.1) is 0 Å². The zero-order chi connectivity index (χ0) is 13.9. The first-order chi connectivity index (χ1) is 9.72. The number of hydrogen-bond acceptors (Lipinski definition) is 4. The molecule has 0 spiro atoms. The molecule has 1 heterocycles. The Kier molecular flexibility index (Phi) is 3.25. The second kappa shape index (κ2) is 5.21. The van der Waals surface area contributed by atoms with E-state index < -0.39 is 0 Å².